The highest BCUT2D eigenvalue weighted by molar-refractivity contribution is 5.02. The van der Waals surface area contributed by atoms with Crippen LogP contribution in [0.2, 0.25) is 0 Å². The molecule has 2 atom stereocenters. The molecule has 1 aliphatic heterocycles. The van der Waals surface area contributed by atoms with Crippen molar-refractivity contribution in [2.75, 3.05) is 6.54 Å². The number of aliphatic hydroxyl groups excluding tert-OH is 1. The lowest BCUT2D eigenvalue weighted by Crippen LogP contribution is -2.40. The smallest absolute Gasteiger partial charge is 0.108 e. The van der Waals surface area contributed by atoms with Crippen molar-refractivity contribution in [1.82, 2.24) is 5.32 Å². The van der Waals surface area contributed by atoms with Crippen LogP contribution in [0.4, 0.5) is 0 Å². The summed E-state index contributed by atoms with van der Waals surface area (Å²) < 4.78 is 0. The molecular formula is C7H13NO. The zero-order valence-electron chi connectivity index (χ0n) is 5.72. The standard InChI is InChI=1S/C7H13NO/c1-5-3-6(2)7(9)8-4-5/h6-9H,1,3-4H2,2H3. The van der Waals surface area contributed by atoms with Gasteiger partial charge in [0, 0.05) is 6.54 Å². The van der Waals surface area contributed by atoms with Crippen molar-refractivity contribution in [3.63, 3.8) is 0 Å². The fourth-order valence-corrected chi connectivity index (χ4v) is 1.09. The first-order chi connectivity index (χ1) is 4.20. The van der Waals surface area contributed by atoms with Crippen LogP contribution in [-0.2, 0) is 0 Å². The molecule has 9 heavy (non-hydrogen) atoms. The molecule has 0 aliphatic carbocycles. The largest absolute Gasteiger partial charge is 0.378 e. The summed E-state index contributed by atoms with van der Waals surface area (Å²) in [7, 11) is 0. The van der Waals surface area contributed by atoms with Gasteiger partial charge >= 0.3 is 0 Å². The molecular weight excluding hydrogens is 114 g/mol. The maximum absolute atomic E-state index is 9.14. The van der Waals surface area contributed by atoms with Crippen LogP contribution in [0.15, 0.2) is 12.2 Å². The second kappa shape index (κ2) is 2.50. The van der Waals surface area contributed by atoms with Crippen LogP contribution in [0.25, 0.3) is 0 Å². The molecule has 0 bridgehead atoms. The first kappa shape index (κ1) is 6.78. The number of nitrogens with one attached hydrogen (secondary N) is 1. The van der Waals surface area contributed by atoms with Crippen molar-refractivity contribution in [2.45, 2.75) is 19.6 Å². The predicted molar refractivity (Wildman–Crippen MR) is 36.9 cm³/mol. The second-order valence-electron chi connectivity index (χ2n) is 2.76. The molecule has 2 nitrogen and oxygen atoms in total. The predicted octanol–water partition coefficient (Wildman–Crippen LogP) is 0.490. The quantitative estimate of drug-likeness (QED) is 0.464. The Morgan fingerprint density at radius 1 is 1.78 bits per heavy atom. The summed E-state index contributed by atoms with van der Waals surface area (Å²) in [5.74, 6) is 0.325. The highest BCUT2D eigenvalue weighted by atomic mass is 16.3. The molecule has 1 fully saturated rings. The van der Waals surface area contributed by atoms with E-state index in [-0.39, 0.29) is 6.23 Å². The van der Waals surface area contributed by atoms with Gasteiger partial charge in [0.2, 0.25) is 0 Å². The van der Waals surface area contributed by atoms with Gasteiger partial charge in [-0.05, 0) is 12.3 Å². The second-order valence-corrected chi connectivity index (χ2v) is 2.76. The Bertz CT molecular complexity index is 122. The van der Waals surface area contributed by atoms with E-state index in [1.54, 1.807) is 0 Å². The minimum Gasteiger partial charge on any atom is -0.378 e. The molecule has 1 rings (SSSR count). The highest BCUT2D eigenvalue weighted by Crippen LogP contribution is 2.16. The van der Waals surface area contributed by atoms with Crippen LogP contribution in [-0.4, -0.2) is 17.9 Å². The number of piperidine rings is 1. The number of hydrogen-bond donors (Lipinski definition) is 2. The van der Waals surface area contributed by atoms with E-state index in [0.29, 0.717) is 5.92 Å². The Morgan fingerprint density at radius 3 is 2.89 bits per heavy atom. The molecule has 1 heterocycles. The first-order valence-electron chi connectivity index (χ1n) is 3.28. The van der Waals surface area contributed by atoms with Crippen molar-refractivity contribution in [3.8, 4) is 0 Å². The third kappa shape index (κ3) is 1.53. The summed E-state index contributed by atoms with van der Waals surface area (Å²) in [5, 5.41) is 12.1. The molecule has 0 aromatic carbocycles. The van der Waals surface area contributed by atoms with Gasteiger partial charge in [0.15, 0.2) is 0 Å². The van der Waals surface area contributed by atoms with Crippen molar-refractivity contribution in [1.29, 1.82) is 0 Å². The lowest BCUT2D eigenvalue weighted by molar-refractivity contribution is 0.0728. The first-order valence-corrected chi connectivity index (χ1v) is 3.28. The van der Waals surface area contributed by atoms with E-state index in [0.717, 1.165) is 13.0 Å². The lowest BCUT2D eigenvalue weighted by atomic mass is 9.97. The van der Waals surface area contributed by atoms with E-state index < -0.39 is 0 Å². The summed E-state index contributed by atoms with van der Waals surface area (Å²) in [6, 6.07) is 0. The van der Waals surface area contributed by atoms with E-state index >= 15 is 0 Å². The molecule has 1 aliphatic rings. The van der Waals surface area contributed by atoms with Crippen LogP contribution >= 0.6 is 0 Å². The van der Waals surface area contributed by atoms with E-state index in [9.17, 15) is 0 Å². The average Bonchev–Trinajstić information content (AvgIpc) is 1.80. The van der Waals surface area contributed by atoms with Gasteiger partial charge in [-0.2, -0.15) is 0 Å². The summed E-state index contributed by atoms with van der Waals surface area (Å²) in [6.07, 6.45) is 0.629. The third-order valence-electron chi connectivity index (χ3n) is 1.71. The topological polar surface area (TPSA) is 32.3 Å². The van der Waals surface area contributed by atoms with Crippen LogP contribution in [0.3, 0.4) is 0 Å². The van der Waals surface area contributed by atoms with Gasteiger partial charge in [-0.25, -0.2) is 0 Å². The fourth-order valence-electron chi connectivity index (χ4n) is 1.09. The normalized spacial score (nSPS) is 36.9. The maximum atomic E-state index is 9.14. The fraction of sp³-hybridized carbons (Fsp3) is 0.714. The van der Waals surface area contributed by atoms with Gasteiger partial charge < -0.3 is 5.11 Å². The molecule has 0 saturated carbocycles. The zero-order valence-corrected chi connectivity index (χ0v) is 5.72. The molecule has 2 N–H and O–H groups in total. The van der Waals surface area contributed by atoms with E-state index in [4.69, 9.17) is 5.11 Å². The Balaban J connectivity index is 2.44. The summed E-state index contributed by atoms with van der Waals surface area (Å²) in [6.45, 7) is 6.61. The van der Waals surface area contributed by atoms with Gasteiger partial charge in [-0.1, -0.05) is 19.1 Å². The van der Waals surface area contributed by atoms with Gasteiger partial charge in [-0.3, -0.25) is 5.32 Å². The maximum Gasteiger partial charge on any atom is 0.108 e. The Kier molecular flexibility index (Phi) is 1.88. The molecule has 0 amide bonds. The SMILES string of the molecule is C=C1CNC(O)C(C)C1. The molecule has 0 aromatic rings. The van der Waals surface area contributed by atoms with E-state index in [2.05, 4.69) is 11.9 Å². The van der Waals surface area contributed by atoms with Gasteiger partial charge in [0.1, 0.15) is 6.23 Å². The molecule has 2 heteroatoms. The van der Waals surface area contributed by atoms with Crippen molar-refractivity contribution < 1.29 is 5.11 Å². The van der Waals surface area contributed by atoms with Crippen LogP contribution in [0.5, 0.6) is 0 Å². The van der Waals surface area contributed by atoms with Gasteiger partial charge in [-0.15, -0.1) is 0 Å². The van der Waals surface area contributed by atoms with Gasteiger partial charge in [0.25, 0.3) is 0 Å². The molecule has 1 saturated heterocycles. The molecule has 52 valence electrons. The monoisotopic (exact) mass is 127 g/mol. The van der Waals surface area contributed by atoms with Crippen LogP contribution in [0.1, 0.15) is 13.3 Å². The van der Waals surface area contributed by atoms with Crippen molar-refractivity contribution in [2.24, 2.45) is 5.92 Å². The van der Waals surface area contributed by atoms with Crippen molar-refractivity contribution >= 4 is 0 Å². The Hall–Kier alpha value is -0.340. The molecule has 2 unspecified atom stereocenters. The highest BCUT2D eigenvalue weighted by Gasteiger charge is 2.19. The zero-order chi connectivity index (χ0) is 6.85. The van der Waals surface area contributed by atoms with E-state index in [1.807, 2.05) is 6.92 Å². The molecule has 0 aromatic heterocycles. The van der Waals surface area contributed by atoms with Crippen LogP contribution in [0, 0.1) is 5.92 Å². The number of hydrogen-bond acceptors (Lipinski definition) is 2. The summed E-state index contributed by atoms with van der Waals surface area (Å²) in [4.78, 5) is 0. The van der Waals surface area contributed by atoms with Gasteiger partial charge in [0.05, 0.1) is 0 Å². The number of aliphatic hydroxyl groups is 1. The lowest BCUT2D eigenvalue weighted by Gasteiger charge is -2.26. The van der Waals surface area contributed by atoms with Crippen molar-refractivity contribution in [3.05, 3.63) is 12.2 Å². The average molecular weight is 127 g/mol. The minimum absolute atomic E-state index is 0.324. The van der Waals surface area contributed by atoms with E-state index in [1.165, 1.54) is 5.57 Å². The number of rotatable bonds is 0. The molecule has 0 radical (unpaired) electrons. The molecule has 0 spiro atoms. The summed E-state index contributed by atoms with van der Waals surface area (Å²) in [5.41, 5.74) is 1.19. The Labute approximate surface area is 55.6 Å². The van der Waals surface area contributed by atoms with Crippen LogP contribution < -0.4 is 5.32 Å². The summed E-state index contributed by atoms with van der Waals surface area (Å²) >= 11 is 0. The Morgan fingerprint density at radius 2 is 2.44 bits per heavy atom. The minimum atomic E-state index is -0.324. The third-order valence-corrected chi connectivity index (χ3v) is 1.71.